The summed E-state index contributed by atoms with van der Waals surface area (Å²) >= 11 is 9.35. The molecule has 12 heavy (non-hydrogen) atoms. The van der Waals surface area contributed by atoms with Crippen LogP contribution in [0.3, 0.4) is 0 Å². The van der Waals surface area contributed by atoms with E-state index in [4.69, 9.17) is 0 Å². The maximum absolute atomic E-state index is 4.68. The zero-order valence-corrected chi connectivity index (χ0v) is 11.2. The van der Waals surface area contributed by atoms with Gasteiger partial charge in [-0.25, -0.2) is 0 Å². The van der Waals surface area contributed by atoms with Crippen LogP contribution in [0.2, 0.25) is 0 Å². The van der Waals surface area contributed by atoms with Gasteiger partial charge in [0.2, 0.25) is 0 Å². The molecular weight excluding hydrogens is 328 g/mol. The molecule has 0 aromatic rings. The van der Waals surface area contributed by atoms with E-state index in [1.807, 2.05) is 0 Å². The van der Waals surface area contributed by atoms with Crippen molar-refractivity contribution in [3.8, 4) is 0 Å². The van der Waals surface area contributed by atoms with E-state index in [1.165, 1.54) is 0 Å². The highest BCUT2D eigenvalue weighted by molar-refractivity contribution is 7.80. The summed E-state index contributed by atoms with van der Waals surface area (Å²) in [7, 11) is 0. The predicted molar refractivity (Wildman–Crippen MR) is 47.0 cm³/mol. The van der Waals surface area contributed by atoms with Crippen molar-refractivity contribution in [2.75, 3.05) is 13.1 Å². The molecular formula is C4H12Br2N4S2. The maximum atomic E-state index is 4.68. The Morgan fingerprint density at radius 2 is 1.17 bits per heavy atom. The molecule has 0 spiro atoms. The molecule has 74 valence electrons. The molecule has 0 radical (unpaired) electrons. The van der Waals surface area contributed by atoms with Crippen molar-refractivity contribution in [2.45, 2.75) is 0 Å². The maximum Gasteiger partial charge on any atom is 0.264 e. The summed E-state index contributed by atoms with van der Waals surface area (Å²) in [5.41, 5.74) is 7.00. The second kappa shape index (κ2) is 11.7. The van der Waals surface area contributed by atoms with Crippen molar-refractivity contribution >= 4 is 34.7 Å². The third-order valence-electron chi connectivity index (χ3n) is 0.769. The lowest BCUT2D eigenvalue weighted by Crippen LogP contribution is -3.00. The fourth-order valence-corrected chi connectivity index (χ4v) is 0.608. The molecule has 0 heterocycles. The number of hydrogen-bond donors (Lipinski definition) is 4. The van der Waals surface area contributed by atoms with Crippen LogP contribution in [-0.2, 0) is 0 Å². The quantitative estimate of drug-likeness (QED) is 0.304. The summed E-state index contributed by atoms with van der Waals surface area (Å²) in [5, 5.41) is 6.85. The highest BCUT2D eigenvalue weighted by atomic mass is 79.9. The van der Waals surface area contributed by atoms with Gasteiger partial charge in [0.1, 0.15) is 0 Å². The van der Waals surface area contributed by atoms with Gasteiger partial charge >= 0.3 is 0 Å². The average Bonchev–Trinajstić information content (AvgIpc) is 1.79. The highest BCUT2D eigenvalue weighted by Crippen LogP contribution is 1.57. The van der Waals surface area contributed by atoms with Gasteiger partial charge in [-0.05, 0) is 0 Å². The monoisotopic (exact) mass is 338 g/mol. The number of rotatable bonds is 3. The van der Waals surface area contributed by atoms with E-state index in [0.29, 0.717) is 10.2 Å². The third-order valence-corrected chi connectivity index (χ3v) is 1.06. The third kappa shape index (κ3) is 17.0. The van der Waals surface area contributed by atoms with Crippen LogP contribution < -0.4 is 56.1 Å². The first-order valence-electron chi connectivity index (χ1n) is 2.82. The summed E-state index contributed by atoms with van der Waals surface area (Å²) < 4.78 is 0. The second-order valence-electron chi connectivity index (χ2n) is 1.70. The van der Waals surface area contributed by atoms with Gasteiger partial charge in [0.15, 0.2) is 0 Å². The van der Waals surface area contributed by atoms with E-state index in [0.717, 1.165) is 13.1 Å². The van der Waals surface area contributed by atoms with Crippen molar-refractivity contribution in [3.05, 3.63) is 0 Å². The highest BCUT2D eigenvalue weighted by Gasteiger charge is 1.91. The number of thiocarbonyl (C=S) groups is 2. The smallest absolute Gasteiger partial charge is 0.264 e. The molecule has 0 saturated heterocycles. The van der Waals surface area contributed by atoms with Crippen LogP contribution in [0.15, 0.2) is 0 Å². The first-order valence-corrected chi connectivity index (χ1v) is 3.64. The van der Waals surface area contributed by atoms with Gasteiger partial charge < -0.3 is 56.1 Å². The van der Waals surface area contributed by atoms with E-state index >= 15 is 0 Å². The number of hydrogen-bond acceptors (Lipinski definition) is 2. The molecule has 0 aliphatic heterocycles. The largest absolute Gasteiger partial charge is 1.00 e. The van der Waals surface area contributed by atoms with Gasteiger partial charge in [-0.1, -0.05) is 0 Å². The Labute approximate surface area is 103 Å². The van der Waals surface area contributed by atoms with Crippen molar-refractivity contribution in [2.24, 2.45) is 0 Å². The number of halogens is 2. The van der Waals surface area contributed by atoms with Gasteiger partial charge in [0, 0.05) is 37.5 Å². The molecule has 0 atom stereocenters. The molecule has 0 saturated carbocycles. The minimum atomic E-state index is 0. The van der Waals surface area contributed by atoms with Crippen LogP contribution in [0, 0.1) is 0 Å². The van der Waals surface area contributed by atoms with Crippen LogP contribution in [0.5, 0.6) is 0 Å². The minimum Gasteiger partial charge on any atom is -1.00 e. The Bertz CT molecular complexity index is 127. The molecule has 0 aromatic heterocycles. The Morgan fingerprint density at radius 3 is 1.33 bits per heavy atom. The molecule has 0 aliphatic carbocycles. The number of nitrogens with one attached hydrogen (secondary N) is 2. The summed E-state index contributed by atoms with van der Waals surface area (Å²) in [4.78, 5) is 0. The molecule has 0 aromatic carbocycles. The van der Waals surface area contributed by atoms with E-state index in [1.54, 1.807) is 0 Å². The van der Waals surface area contributed by atoms with Crippen molar-refractivity contribution < 1.29 is 45.4 Å². The lowest BCUT2D eigenvalue weighted by Gasteiger charge is -2.00. The summed E-state index contributed by atoms with van der Waals surface area (Å²) in [6.45, 7) is 1.47. The fraction of sp³-hybridized carbons (Fsp3) is 0.500. The van der Waals surface area contributed by atoms with Gasteiger partial charge in [-0.3, -0.25) is 0 Å². The first-order chi connectivity index (χ1) is 4.63. The average molecular weight is 340 g/mol. The predicted octanol–water partition coefficient (Wildman–Crippen LogP) is -8.77. The molecule has 4 nitrogen and oxygen atoms in total. The molecule has 8 N–H and O–H groups in total. The van der Waals surface area contributed by atoms with Crippen LogP contribution in [0.1, 0.15) is 0 Å². The van der Waals surface area contributed by atoms with Crippen LogP contribution in [0.25, 0.3) is 0 Å². The Hall–Kier alpha value is 0.660. The van der Waals surface area contributed by atoms with Crippen LogP contribution in [-0.4, -0.2) is 23.3 Å². The molecule has 0 aliphatic rings. The zero-order chi connectivity index (χ0) is 7.98. The summed E-state index contributed by atoms with van der Waals surface area (Å²) in [6, 6.07) is 0. The van der Waals surface area contributed by atoms with Crippen LogP contribution >= 0.6 is 24.4 Å². The zero-order valence-electron chi connectivity index (χ0n) is 6.40. The first kappa shape index (κ1) is 18.4. The van der Waals surface area contributed by atoms with Crippen LogP contribution in [0.4, 0.5) is 0 Å². The fourth-order valence-electron chi connectivity index (χ4n) is 0.404. The topological polar surface area (TPSA) is 79.3 Å². The van der Waals surface area contributed by atoms with Gasteiger partial charge in [0.05, 0.1) is 0 Å². The van der Waals surface area contributed by atoms with Gasteiger partial charge in [-0.15, -0.1) is 0 Å². The summed E-state index contributed by atoms with van der Waals surface area (Å²) in [5.74, 6) is 0. The van der Waals surface area contributed by atoms with E-state index < -0.39 is 0 Å². The Balaban J connectivity index is -0.000000405. The van der Waals surface area contributed by atoms with Crippen molar-refractivity contribution in [1.82, 2.24) is 10.6 Å². The lowest BCUT2D eigenvalue weighted by molar-refractivity contribution is -0.217. The van der Waals surface area contributed by atoms with E-state index in [-0.39, 0.29) is 34.0 Å². The van der Waals surface area contributed by atoms with E-state index in [9.17, 15) is 0 Å². The minimum absolute atomic E-state index is 0. The lowest BCUT2D eigenvalue weighted by atomic mass is 10.6. The molecule has 0 rings (SSSR count). The molecule has 0 bridgehead atoms. The molecule has 0 amide bonds. The van der Waals surface area contributed by atoms with Gasteiger partial charge in [0.25, 0.3) is 10.2 Å². The normalized spacial score (nSPS) is 7.17. The standard InChI is InChI=1S/C4H10N4S2.2BrH/c5-3(9)7-1-2-8-4(6)10;;/h1-2H2,(H3,5,7,9)(H3,6,8,10);2*1H. The van der Waals surface area contributed by atoms with Crippen molar-refractivity contribution in [1.29, 1.82) is 0 Å². The van der Waals surface area contributed by atoms with E-state index in [2.05, 4.69) is 46.5 Å². The Kier molecular flexibility index (Phi) is 17.9. The molecule has 0 fully saturated rings. The number of quaternary nitrogens is 2. The SMILES string of the molecule is [Br-].[Br-].[NH3+]C(=S)NCCNC([NH3+])=S. The van der Waals surface area contributed by atoms with Gasteiger partial charge in [-0.2, -0.15) is 0 Å². The second-order valence-corrected chi connectivity index (χ2v) is 2.69. The summed E-state index contributed by atoms with van der Waals surface area (Å²) in [6.07, 6.45) is 0. The molecule has 8 heteroatoms. The van der Waals surface area contributed by atoms with Crippen molar-refractivity contribution in [3.63, 3.8) is 0 Å². The Morgan fingerprint density at radius 1 is 0.917 bits per heavy atom. The molecule has 0 unspecified atom stereocenters.